The van der Waals surface area contributed by atoms with Gasteiger partial charge >= 0.3 is 0 Å². The molecule has 23 heavy (non-hydrogen) atoms. The number of ether oxygens (including phenoxy) is 1. The molecule has 128 valence electrons. The molecule has 0 fully saturated rings. The van der Waals surface area contributed by atoms with Gasteiger partial charge in [-0.25, -0.2) is 13.1 Å². The second-order valence-corrected chi connectivity index (χ2v) is 7.50. The van der Waals surface area contributed by atoms with Gasteiger partial charge in [0.05, 0.1) is 23.6 Å². The lowest BCUT2D eigenvalue weighted by Crippen LogP contribution is -2.28. The molecule has 1 amide bonds. The number of hydrogen-bond donors (Lipinski definition) is 1. The smallest absolute Gasteiger partial charge is 0.240 e. The largest absolute Gasteiger partial charge is 0.491 e. The Morgan fingerprint density at radius 3 is 2.78 bits per heavy atom. The Morgan fingerprint density at radius 1 is 1.35 bits per heavy atom. The van der Waals surface area contributed by atoms with E-state index in [4.69, 9.17) is 4.74 Å². The molecule has 0 saturated heterocycles. The fraction of sp³-hybridized carbons (Fsp3) is 0.533. The Bertz CT molecular complexity index is 673. The summed E-state index contributed by atoms with van der Waals surface area (Å²) < 4.78 is 32.8. The zero-order chi connectivity index (χ0) is 17.0. The SMILES string of the molecule is CN(C)CCCNS(=O)(=O)c1ccc2c(c1)N(C)C(=O)CCO2. The monoisotopic (exact) mass is 341 g/mol. The van der Waals surface area contributed by atoms with Crippen molar-refractivity contribution in [3.8, 4) is 5.75 Å². The zero-order valence-electron chi connectivity index (χ0n) is 13.7. The second kappa shape index (κ2) is 7.29. The van der Waals surface area contributed by atoms with Crippen LogP contribution in [0, 0.1) is 0 Å². The van der Waals surface area contributed by atoms with Gasteiger partial charge in [0.2, 0.25) is 15.9 Å². The molecule has 0 aliphatic carbocycles. The van der Waals surface area contributed by atoms with Crippen LogP contribution < -0.4 is 14.4 Å². The normalized spacial score (nSPS) is 15.3. The van der Waals surface area contributed by atoms with E-state index >= 15 is 0 Å². The molecule has 0 aromatic heterocycles. The molecule has 1 heterocycles. The van der Waals surface area contributed by atoms with Crippen LogP contribution in [-0.4, -0.2) is 60.1 Å². The number of benzene rings is 1. The highest BCUT2D eigenvalue weighted by Crippen LogP contribution is 2.32. The minimum atomic E-state index is -3.61. The van der Waals surface area contributed by atoms with Crippen LogP contribution in [0.4, 0.5) is 5.69 Å². The maximum absolute atomic E-state index is 12.4. The summed E-state index contributed by atoms with van der Waals surface area (Å²) in [5.74, 6) is 0.419. The minimum absolute atomic E-state index is 0.0998. The Labute approximate surface area is 137 Å². The molecule has 1 aromatic carbocycles. The van der Waals surface area contributed by atoms with Crippen LogP contribution in [0.2, 0.25) is 0 Å². The third kappa shape index (κ3) is 4.43. The summed E-state index contributed by atoms with van der Waals surface area (Å²) in [6, 6.07) is 4.57. The van der Waals surface area contributed by atoms with E-state index in [1.165, 1.54) is 17.0 Å². The fourth-order valence-electron chi connectivity index (χ4n) is 2.28. The summed E-state index contributed by atoms with van der Waals surface area (Å²) in [6.45, 7) is 1.46. The van der Waals surface area contributed by atoms with Crippen LogP contribution in [0.15, 0.2) is 23.1 Å². The highest BCUT2D eigenvalue weighted by molar-refractivity contribution is 7.89. The molecule has 0 unspecified atom stereocenters. The molecule has 1 aliphatic rings. The van der Waals surface area contributed by atoms with E-state index in [0.717, 1.165) is 13.0 Å². The lowest BCUT2D eigenvalue weighted by molar-refractivity contribution is -0.118. The summed E-state index contributed by atoms with van der Waals surface area (Å²) >= 11 is 0. The molecule has 1 aromatic rings. The van der Waals surface area contributed by atoms with Crippen molar-refractivity contribution in [2.24, 2.45) is 0 Å². The van der Waals surface area contributed by atoms with Gasteiger partial charge in [0.15, 0.2) is 0 Å². The van der Waals surface area contributed by atoms with Gasteiger partial charge in [-0.15, -0.1) is 0 Å². The van der Waals surface area contributed by atoms with Crippen molar-refractivity contribution in [1.82, 2.24) is 9.62 Å². The van der Waals surface area contributed by atoms with E-state index in [1.807, 2.05) is 19.0 Å². The van der Waals surface area contributed by atoms with E-state index in [1.54, 1.807) is 13.1 Å². The molecule has 0 saturated carbocycles. The number of amides is 1. The number of fused-ring (bicyclic) bond motifs is 1. The quantitative estimate of drug-likeness (QED) is 0.769. The predicted octanol–water partition coefficient (Wildman–Crippen LogP) is 0.662. The first-order valence-electron chi connectivity index (χ1n) is 7.49. The summed E-state index contributed by atoms with van der Waals surface area (Å²) in [7, 11) is 1.89. The van der Waals surface area contributed by atoms with Crippen LogP contribution in [0.3, 0.4) is 0 Å². The lowest BCUT2D eigenvalue weighted by Gasteiger charge is -2.17. The molecule has 8 heteroatoms. The molecule has 1 N–H and O–H groups in total. The average Bonchev–Trinajstić information content (AvgIpc) is 2.63. The molecular weight excluding hydrogens is 318 g/mol. The third-order valence-corrected chi connectivity index (χ3v) is 5.08. The van der Waals surface area contributed by atoms with E-state index in [-0.39, 0.29) is 17.2 Å². The molecule has 2 rings (SSSR count). The first kappa shape index (κ1) is 17.7. The van der Waals surface area contributed by atoms with Gasteiger partial charge in [-0.05, 0) is 45.3 Å². The predicted molar refractivity (Wildman–Crippen MR) is 88.3 cm³/mol. The third-order valence-electron chi connectivity index (χ3n) is 3.62. The summed E-state index contributed by atoms with van der Waals surface area (Å²) in [4.78, 5) is 15.5. The summed E-state index contributed by atoms with van der Waals surface area (Å²) in [5, 5.41) is 0. The van der Waals surface area contributed by atoms with E-state index < -0.39 is 10.0 Å². The Kier molecular flexibility index (Phi) is 5.61. The maximum Gasteiger partial charge on any atom is 0.240 e. The van der Waals surface area contributed by atoms with Crippen molar-refractivity contribution in [3.05, 3.63) is 18.2 Å². The summed E-state index contributed by atoms with van der Waals surface area (Å²) in [6.07, 6.45) is 0.995. The molecular formula is C15H23N3O4S. The van der Waals surface area contributed by atoms with Gasteiger partial charge in [0, 0.05) is 13.6 Å². The van der Waals surface area contributed by atoms with E-state index in [2.05, 4.69) is 4.72 Å². The molecule has 0 radical (unpaired) electrons. The average molecular weight is 341 g/mol. The number of nitrogens with zero attached hydrogens (tertiary/aromatic N) is 2. The van der Waals surface area contributed by atoms with Crippen LogP contribution in [0.1, 0.15) is 12.8 Å². The number of rotatable bonds is 6. The standard InChI is InChI=1S/C15H23N3O4S/c1-17(2)9-4-8-16-23(20,21)12-5-6-14-13(11-12)18(3)15(19)7-10-22-14/h5-6,11,16H,4,7-10H2,1-3H3. The number of sulfonamides is 1. The highest BCUT2D eigenvalue weighted by atomic mass is 32.2. The van der Waals surface area contributed by atoms with Gasteiger partial charge in [-0.1, -0.05) is 0 Å². The molecule has 7 nitrogen and oxygen atoms in total. The molecule has 1 aliphatic heterocycles. The van der Waals surface area contributed by atoms with Gasteiger partial charge < -0.3 is 14.5 Å². The Hall–Kier alpha value is -1.64. The van der Waals surface area contributed by atoms with Crippen molar-refractivity contribution < 1.29 is 17.9 Å². The fourth-order valence-corrected chi connectivity index (χ4v) is 3.38. The molecule has 0 atom stereocenters. The Balaban J connectivity index is 2.17. The number of carbonyl (C=O) groups excluding carboxylic acids is 1. The highest BCUT2D eigenvalue weighted by Gasteiger charge is 2.23. The van der Waals surface area contributed by atoms with Crippen LogP contribution in [0.25, 0.3) is 0 Å². The number of nitrogens with one attached hydrogen (secondary N) is 1. The van der Waals surface area contributed by atoms with Crippen molar-refractivity contribution in [2.75, 3.05) is 45.7 Å². The van der Waals surface area contributed by atoms with Crippen molar-refractivity contribution in [3.63, 3.8) is 0 Å². The summed E-state index contributed by atoms with van der Waals surface area (Å²) in [5.41, 5.74) is 0.476. The van der Waals surface area contributed by atoms with Gasteiger partial charge in [0.1, 0.15) is 5.75 Å². The maximum atomic E-state index is 12.4. The van der Waals surface area contributed by atoms with Gasteiger partial charge in [-0.3, -0.25) is 4.79 Å². The first-order chi connectivity index (χ1) is 10.8. The number of anilines is 1. The van der Waals surface area contributed by atoms with Crippen molar-refractivity contribution in [1.29, 1.82) is 0 Å². The van der Waals surface area contributed by atoms with Gasteiger partial charge in [0.25, 0.3) is 0 Å². The lowest BCUT2D eigenvalue weighted by atomic mass is 10.2. The first-order valence-corrected chi connectivity index (χ1v) is 8.97. The minimum Gasteiger partial charge on any atom is -0.491 e. The Morgan fingerprint density at radius 2 is 2.09 bits per heavy atom. The van der Waals surface area contributed by atoms with E-state index in [9.17, 15) is 13.2 Å². The second-order valence-electron chi connectivity index (χ2n) is 5.74. The van der Waals surface area contributed by atoms with Crippen LogP contribution >= 0.6 is 0 Å². The number of hydrogen-bond acceptors (Lipinski definition) is 5. The van der Waals surface area contributed by atoms with Crippen LogP contribution in [-0.2, 0) is 14.8 Å². The van der Waals surface area contributed by atoms with Crippen molar-refractivity contribution in [2.45, 2.75) is 17.7 Å². The van der Waals surface area contributed by atoms with E-state index in [0.29, 0.717) is 24.6 Å². The molecule has 0 bridgehead atoms. The molecule has 0 spiro atoms. The van der Waals surface area contributed by atoms with Crippen molar-refractivity contribution >= 4 is 21.6 Å². The van der Waals surface area contributed by atoms with Crippen LogP contribution in [0.5, 0.6) is 5.75 Å². The zero-order valence-corrected chi connectivity index (χ0v) is 14.5. The topological polar surface area (TPSA) is 79.0 Å². The van der Waals surface area contributed by atoms with Gasteiger partial charge in [-0.2, -0.15) is 0 Å². The number of carbonyl (C=O) groups is 1.